The molecule has 4 aromatic rings. The zero-order valence-electron chi connectivity index (χ0n) is 17.3. The monoisotopic (exact) mass is 450 g/mol. The summed E-state index contributed by atoms with van der Waals surface area (Å²) in [4.78, 5) is 17.4. The fraction of sp³-hybridized carbons (Fsp3) is 0.125. The maximum atomic E-state index is 12.9. The van der Waals surface area contributed by atoms with E-state index in [-0.39, 0.29) is 5.82 Å². The molecule has 0 saturated heterocycles. The molecular formula is C24H20Cl2N4O. The van der Waals surface area contributed by atoms with Crippen molar-refractivity contribution in [2.45, 2.75) is 20.8 Å². The summed E-state index contributed by atoms with van der Waals surface area (Å²) in [5.74, 6) is 0.168. The van der Waals surface area contributed by atoms with Gasteiger partial charge in [-0.3, -0.25) is 4.79 Å². The van der Waals surface area contributed by atoms with Gasteiger partial charge >= 0.3 is 0 Å². The Morgan fingerprint density at radius 3 is 2.16 bits per heavy atom. The summed E-state index contributed by atoms with van der Waals surface area (Å²) in [5, 5.41) is 8.49. The van der Waals surface area contributed by atoms with E-state index in [1.165, 1.54) is 0 Å². The highest BCUT2D eigenvalue weighted by molar-refractivity contribution is 6.32. The minimum atomic E-state index is -0.426. The maximum Gasteiger partial charge on any atom is 0.295 e. The van der Waals surface area contributed by atoms with Crippen LogP contribution in [0.5, 0.6) is 0 Å². The molecule has 0 aliphatic carbocycles. The van der Waals surface area contributed by atoms with E-state index < -0.39 is 5.91 Å². The molecule has 7 heteroatoms. The van der Waals surface area contributed by atoms with Gasteiger partial charge in [-0.05, 0) is 56.2 Å². The molecule has 4 rings (SSSR count). The molecule has 0 spiro atoms. The lowest BCUT2D eigenvalue weighted by atomic mass is 10.1. The van der Waals surface area contributed by atoms with Gasteiger partial charge in [0.15, 0.2) is 5.82 Å². The Balaban J connectivity index is 1.76. The molecule has 156 valence electrons. The quantitative estimate of drug-likeness (QED) is 0.390. The Labute approximate surface area is 190 Å². The first kappa shape index (κ1) is 21.1. The summed E-state index contributed by atoms with van der Waals surface area (Å²) in [7, 11) is 0. The number of anilines is 1. The molecule has 0 radical (unpaired) electrons. The fourth-order valence-corrected chi connectivity index (χ4v) is 3.40. The van der Waals surface area contributed by atoms with Gasteiger partial charge in [0.25, 0.3) is 5.91 Å². The van der Waals surface area contributed by atoms with E-state index in [0.29, 0.717) is 21.6 Å². The van der Waals surface area contributed by atoms with Crippen LogP contribution in [0.1, 0.15) is 27.3 Å². The largest absolute Gasteiger partial charge is 0.319 e. The van der Waals surface area contributed by atoms with Crippen molar-refractivity contribution in [2.75, 3.05) is 5.32 Å². The SMILES string of the molecule is Cc1ccc(-c2nc(C(=O)Nc3ccc(C)c(Cl)c3)nn2-c2ccc(C)c(Cl)c2)cc1. The lowest BCUT2D eigenvalue weighted by Crippen LogP contribution is -2.14. The van der Waals surface area contributed by atoms with Gasteiger partial charge < -0.3 is 5.32 Å². The molecular weight excluding hydrogens is 431 g/mol. The van der Waals surface area contributed by atoms with E-state index in [1.807, 2.05) is 69.3 Å². The van der Waals surface area contributed by atoms with E-state index in [9.17, 15) is 4.79 Å². The smallest absolute Gasteiger partial charge is 0.295 e. The van der Waals surface area contributed by atoms with Gasteiger partial charge in [-0.25, -0.2) is 9.67 Å². The molecule has 0 saturated carbocycles. The summed E-state index contributed by atoms with van der Waals surface area (Å²) in [5.41, 5.74) is 5.15. The molecule has 0 fully saturated rings. The molecule has 1 heterocycles. The van der Waals surface area contributed by atoms with Gasteiger partial charge in [-0.2, -0.15) is 0 Å². The second-order valence-corrected chi connectivity index (χ2v) is 8.20. The molecule has 0 atom stereocenters. The van der Waals surface area contributed by atoms with E-state index in [4.69, 9.17) is 23.2 Å². The van der Waals surface area contributed by atoms with Crippen molar-refractivity contribution >= 4 is 34.8 Å². The molecule has 0 aliphatic heterocycles. The number of nitrogens with one attached hydrogen (secondary N) is 1. The number of benzene rings is 3. The molecule has 0 unspecified atom stereocenters. The average molecular weight is 451 g/mol. The zero-order chi connectivity index (χ0) is 22.1. The van der Waals surface area contributed by atoms with Crippen molar-refractivity contribution in [3.63, 3.8) is 0 Å². The number of halogens is 2. The number of carbonyl (C=O) groups excluding carboxylic acids is 1. The molecule has 0 aliphatic rings. The van der Waals surface area contributed by atoms with Crippen LogP contribution in [0.25, 0.3) is 17.1 Å². The van der Waals surface area contributed by atoms with Crippen LogP contribution in [0.3, 0.4) is 0 Å². The first-order valence-corrected chi connectivity index (χ1v) is 10.5. The number of aryl methyl sites for hydroxylation is 3. The van der Waals surface area contributed by atoms with Crippen LogP contribution in [0.15, 0.2) is 60.7 Å². The normalized spacial score (nSPS) is 10.9. The molecule has 1 aromatic heterocycles. The second kappa shape index (κ2) is 8.53. The van der Waals surface area contributed by atoms with Crippen molar-refractivity contribution < 1.29 is 4.79 Å². The molecule has 1 amide bonds. The van der Waals surface area contributed by atoms with Crippen molar-refractivity contribution in [3.05, 3.63) is 93.2 Å². The molecule has 1 N–H and O–H groups in total. The van der Waals surface area contributed by atoms with E-state index in [2.05, 4.69) is 15.4 Å². The predicted octanol–water partition coefficient (Wildman–Crippen LogP) is 6.42. The Bertz CT molecular complexity index is 1280. The summed E-state index contributed by atoms with van der Waals surface area (Å²) in [6.07, 6.45) is 0. The molecule has 31 heavy (non-hydrogen) atoms. The van der Waals surface area contributed by atoms with Crippen LogP contribution in [-0.2, 0) is 0 Å². The molecule has 0 bridgehead atoms. The van der Waals surface area contributed by atoms with E-state index in [0.717, 1.165) is 27.9 Å². The van der Waals surface area contributed by atoms with Crippen LogP contribution in [0.2, 0.25) is 10.0 Å². The number of aromatic nitrogens is 3. The van der Waals surface area contributed by atoms with Gasteiger partial charge in [-0.1, -0.05) is 65.2 Å². The fourth-order valence-electron chi connectivity index (χ4n) is 3.05. The number of hydrogen-bond acceptors (Lipinski definition) is 3. The highest BCUT2D eigenvalue weighted by Gasteiger charge is 2.19. The van der Waals surface area contributed by atoms with Gasteiger partial charge in [0.1, 0.15) is 0 Å². The average Bonchev–Trinajstić information content (AvgIpc) is 3.19. The van der Waals surface area contributed by atoms with Crippen molar-refractivity contribution in [1.29, 1.82) is 0 Å². The van der Waals surface area contributed by atoms with Crippen LogP contribution >= 0.6 is 23.2 Å². The Morgan fingerprint density at radius 1 is 0.871 bits per heavy atom. The van der Waals surface area contributed by atoms with Crippen molar-refractivity contribution in [2.24, 2.45) is 0 Å². The van der Waals surface area contributed by atoms with Crippen LogP contribution < -0.4 is 5.32 Å². The lowest BCUT2D eigenvalue weighted by Gasteiger charge is -2.08. The minimum absolute atomic E-state index is 0.0453. The summed E-state index contributed by atoms with van der Waals surface area (Å²) >= 11 is 12.5. The molecule has 5 nitrogen and oxygen atoms in total. The molecule has 3 aromatic carbocycles. The van der Waals surface area contributed by atoms with Crippen molar-refractivity contribution in [3.8, 4) is 17.1 Å². The van der Waals surface area contributed by atoms with Crippen molar-refractivity contribution in [1.82, 2.24) is 14.8 Å². The Hall–Kier alpha value is -3.15. The lowest BCUT2D eigenvalue weighted by molar-refractivity contribution is 0.101. The zero-order valence-corrected chi connectivity index (χ0v) is 18.8. The third-order valence-corrected chi connectivity index (χ3v) is 5.76. The van der Waals surface area contributed by atoms with Gasteiger partial charge in [0.05, 0.1) is 5.69 Å². The minimum Gasteiger partial charge on any atom is -0.319 e. The number of amides is 1. The third kappa shape index (κ3) is 4.48. The van der Waals surface area contributed by atoms with Crippen LogP contribution in [-0.4, -0.2) is 20.7 Å². The third-order valence-electron chi connectivity index (χ3n) is 4.95. The summed E-state index contributed by atoms with van der Waals surface area (Å²) in [6.45, 7) is 5.84. The second-order valence-electron chi connectivity index (χ2n) is 7.39. The Morgan fingerprint density at radius 2 is 1.52 bits per heavy atom. The van der Waals surface area contributed by atoms with Gasteiger partial charge in [0, 0.05) is 21.3 Å². The van der Waals surface area contributed by atoms with Crippen LogP contribution in [0, 0.1) is 20.8 Å². The standard InChI is InChI=1S/C24H20Cl2N4O/c1-14-4-8-17(9-5-14)23-28-22(24(31)27-18-10-6-15(2)20(25)12-18)29-30(23)19-11-7-16(3)21(26)13-19/h4-13H,1-3H3,(H,27,31). The van der Waals surface area contributed by atoms with Gasteiger partial charge in [0.2, 0.25) is 5.82 Å². The van der Waals surface area contributed by atoms with E-state index >= 15 is 0 Å². The number of nitrogens with zero attached hydrogens (tertiary/aromatic N) is 3. The number of carbonyl (C=O) groups is 1. The maximum absolute atomic E-state index is 12.9. The Kier molecular flexibility index (Phi) is 5.81. The first-order chi connectivity index (χ1) is 14.8. The predicted molar refractivity (Wildman–Crippen MR) is 125 cm³/mol. The van der Waals surface area contributed by atoms with E-state index in [1.54, 1.807) is 16.8 Å². The number of rotatable bonds is 4. The number of hydrogen-bond donors (Lipinski definition) is 1. The highest BCUT2D eigenvalue weighted by atomic mass is 35.5. The van der Waals surface area contributed by atoms with Gasteiger partial charge in [-0.15, -0.1) is 5.10 Å². The topological polar surface area (TPSA) is 59.8 Å². The summed E-state index contributed by atoms with van der Waals surface area (Å²) in [6, 6.07) is 18.8. The highest BCUT2D eigenvalue weighted by Crippen LogP contribution is 2.26. The first-order valence-electron chi connectivity index (χ1n) is 9.70. The summed E-state index contributed by atoms with van der Waals surface area (Å²) < 4.78 is 1.63. The van der Waals surface area contributed by atoms with Crippen LogP contribution in [0.4, 0.5) is 5.69 Å².